The summed E-state index contributed by atoms with van der Waals surface area (Å²) in [5, 5.41) is 9.31. The molecule has 1 saturated carbocycles. The molecule has 0 aromatic carbocycles. The van der Waals surface area contributed by atoms with E-state index >= 15 is 0 Å². The Balaban J connectivity index is 2.30. The molecule has 1 fully saturated rings. The maximum atomic E-state index is 12.1. The van der Waals surface area contributed by atoms with Crippen LogP contribution in [-0.2, 0) is 0 Å². The van der Waals surface area contributed by atoms with Crippen LogP contribution in [0.3, 0.4) is 0 Å². The standard InChI is InChI=1S/C13H20N4O2S/c1-3-6-16-12(19)10-9(14)8(11(18)15-2)13(20-10)17-7-4-5-7/h7,17H,3-6,14H2,1-2H3,(H,15,18)(H,16,19). The van der Waals surface area contributed by atoms with Crippen molar-refractivity contribution < 1.29 is 9.59 Å². The van der Waals surface area contributed by atoms with Gasteiger partial charge in [0.2, 0.25) is 0 Å². The van der Waals surface area contributed by atoms with Gasteiger partial charge in [0.25, 0.3) is 11.8 Å². The van der Waals surface area contributed by atoms with Crippen LogP contribution in [0.5, 0.6) is 0 Å². The summed E-state index contributed by atoms with van der Waals surface area (Å²) in [6, 6.07) is 0.392. The normalized spacial score (nSPS) is 13.9. The largest absolute Gasteiger partial charge is 0.397 e. The monoisotopic (exact) mass is 296 g/mol. The number of amides is 2. The van der Waals surface area contributed by atoms with Gasteiger partial charge in [0, 0.05) is 19.6 Å². The van der Waals surface area contributed by atoms with Crippen LogP contribution in [0.4, 0.5) is 10.7 Å². The van der Waals surface area contributed by atoms with Crippen LogP contribution in [0, 0.1) is 0 Å². The molecule has 1 aromatic rings. The van der Waals surface area contributed by atoms with E-state index in [2.05, 4.69) is 16.0 Å². The maximum Gasteiger partial charge on any atom is 0.263 e. The van der Waals surface area contributed by atoms with E-state index in [1.165, 1.54) is 11.3 Å². The molecule has 7 heteroatoms. The summed E-state index contributed by atoms with van der Waals surface area (Å²) >= 11 is 1.25. The fraction of sp³-hybridized carbons (Fsp3) is 0.538. The fourth-order valence-corrected chi connectivity index (χ4v) is 2.91. The van der Waals surface area contributed by atoms with Crippen LogP contribution < -0.4 is 21.7 Å². The zero-order valence-corrected chi connectivity index (χ0v) is 12.5. The van der Waals surface area contributed by atoms with E-state index < -0.39 is 0 Å². The molecule has 0 bridgehead atoms. The van der Waals surface area contributed by atoms with Gasteiger partial charge in [0.15, 0.2) is 0 Å². The number of hydrogen-bond donors (Lipinski definition) is 4. The Morgan fingerprint density at radius 2 is 2.05 bits per heavy atom. The second-order valence-electron chi connectivity index (χ2n) is 4.80. The lowest BCUT2D eigenvalue weighted by Gasteiger charge is -2.05. The lowest BCUT2D eigenvalue weighted by molar-refractivity contribution is 0.0957. The van der Waals surface area contributed by atoms with Gasteiger partial charge in [-0.2, -0.15) is 0 Å². The van der Waals surface area contributed by atoms with Crippen LogP contribution in [-0.4, -0.2) is 31.4 Å². The number of nitrogens with one attached hydrogen (secondary N) is 3. The van der Waals surface area contributed by atoms with Crippen LogP contribution in [0.2, 0.25) is 0 Å². The molecule has 1 aliphatic rings. The first kappa shape index (κ1) is 14.6. The minimum absolute atomic E-state index is 0.219. The molecular formula is C13H20N4O2S. The summed E-state index contributed by atoms with van der Waals surface area (Å²) < 4.78 is 0. The molecule has 2 amide bonds. The lowest BCUT2D eigenvalue weighted by Crippen LogP contribution is -2.24. The van der Waals surface area contributed by atoms with E-state index in [1.54, 1.807) is 7.05 Å². The van der Waals surface area contributed by atoms with E-state index in [0.29, 0.717) is 28.0 Å². The van der Waals surface area contributed by atoms with Gasteiger partial charge in [-0.15, -0.1) is 11.3 Å². The number of nitrogen functional groups attached to an aromatic ring is 1. The second-order valence-corrected chi connectivity index (χ2v) is 5.82. The Hall–Kier alpha value is -1.76. The zero-order chi connectivity index (χ0) is 14.7. The molecule has 2 rings (SSSR count). The van der Waals surface area contributed by atoms with Gasteiger partial charge in [-0.25, -0.2) is 0 Å². The van der Waals surface area contributed by atoms with Crippen molar-refractivity contribution in [3.63, 3.8) is 0 Å². The van der Waals surface area contributed by atoms with Crippen molar-refractivity contribution in [2.75, 3.05) is 24.6 Å². The van der Waals surface area contributed by atoms with E-state index in [9.17, 15) is 9.59 Å². The van der Waals surface area contributed by atoms with Crippen LogP contribution >= 0.6 is 11.3 Å². The summed E-state index contributed by atoms with van der Waals surface area (Å²) in [5.41, 5.74) is 6.63. The molecule has 0 atom stereocenters. The first-order valence-corrected chi connectivity index (χ1v) is 7.59. The maximum absolute atomic E-state index is 12.1. The number of anilines is 2. The van der Waals surface area contributed by atoms with Crippen molar-refractivity contribution in [3.05, 3.63) is 10.4 Å². The topological polar surface area (TPSA) is 96.2 Å². The van der Waals surface area contributed by atoms with E-state index in [0.717, 1.165) is 19.3 Å². The van der Waals surface area contributed by atoms with E-state index in [1.807, 2.05) is 6.92 Å². The van der Waals surface area contributed by atoms with Crippen molar-refractivity contribution in [2.24, 2.45) is 0 Å². The molecule has 0 unspecified atom stereocenters. The predicted octanol–water partition coefficient (Wildman–Crippen LogP) is 1.40. The van der Waals surface area contributed by atoms with Crippen molar-refractivity contribution >= 4 is 33.8 Å². The van der Waals surface area contributed by atoms with E-state index in [-0.39, 0.29) is 17.5 Å². The van der Waals surface area contributed by atoms with Crippen LogP contribution in [0.25, 0.3) is 0 Å². The lowest BCUT2D eigenvalue weighted by atomic mass is 10.2. The molecule has 1 aromatic heterocycles. The molecule has 20 heavy (non-hydrogen) atoms. The Bertz CT molecular complexity index is 523. The SMILES string of the molecule is CCCNC(=O)c1sc(NC2CC2)c(C(=O)NC)c1N. The number of carbonyl (C=O) groups excluding carboxylic acids is 2. The summed E-state index contributed by atoms with van der Waals surface area (Å²) in [4.78, 5) is 24.4. The van der Waals surface area contributed by atoms with Gasteiger partial charge in [0.05, 0.1) is 11.3 Å². The molecule has 1 aliphatic carbocycles. The number of thiophene rings is 1. The Morgan fingerprint density at radius 1 is 1.35 bits per heavy atom. The smallest absolute Gasteiger partial charge is 0.263 e. The summed E-state index contributed by atoms with van der Waals surface area (Å²) in [7, 11) is 1.55. The Morgan fingerprint density at radius 3 is 2.60 bits per heavy atom. The zero-order valence-electron chi connectivity index (χ0n) is 11.7. The second kappa shape index (κ2) is 6.13. The van der Waals surface area contributed by atoms with Gasteiger partial charge in [0.1, 0.15) is 9.88 Å². The summed E-state index contributed by atoms with van der Waals surface area (Å²) in [6.07, 6.45) is 3.03. The molecule has 0 saturated heterocycles. The number of hydrogen-bond acceptors (Lipinski definition) is 5. The van der Waals surface area contributed by atoms with Gasteiger partial charge in [-0.05, 0) is 19.3 Å². The summed E-state index contributed by atoms with van der Waals surface area (Å²) in [6.45, 7) is 2.57. The van der Waals surface area contributed by atoms with Crippen molar-refractivity contribution in [3.8, 4) is 0 Å². The van der Waals surface area contributed by atoms with E-state index in [4.69, 9.17) is 5.73 Å². The average molecular weight is 296 g/mol. The first-order valence-electron chi connectivity index (χ1n) is 6.77. The van der Waals surface area contributed by atoms with Gasteiger partial charge in [-0.1, -0.05) is 6.92 Å². The molecule has 5 N–H and O–H groups in total. The number of nitrogens with two attached hydrogens (primary N) is 1. The third-order valence-corrected chi connectivity index (χ3v) is 4.19. The highest BCUT2D eigenvalue weighted by Gasteiger charge is 2.29. The van der Waals surface area contributed by atoms with Gasteiger partial charge >= 0.3 is 0 Å². The number of rotatable bonds is 6. The highest BCUT2D eigenvalue weighted by Crippen LogP contribution is 2.38. The third-order valence-electron chi connectivity index (χ3n) is 3.05. The molecule has 0 aliphatic heterocycles. The third kappa shape index (κ3) is 3.04. The number of carbonyl (C=O) groups is 2. The minimum Gasteiger partial charge on any atom is -0.397 e. The molecule has 0 spiro atoms. The van der Waals surface area contributed by atoms with Gasteiger partial charge in [-0.3, -0.25) is 9.59 Å². The Labute approximate surface area is 122 Å². The predicted molar refractivity (Wildman–Crippen MR) is 81.4 cm³/mol. The molecular weight excluding hydrogens is 276 g/mol. The highest BCUT2D eigenvalue weighted by atomic mass is 32.1. The molecule has 0 radical (unpaired) electrons. The average Bonchev–Trinajstić information content (AvgIpc) is 3.19. The molecule has 6 nitrogen and oxygen atoms in total. The van der Waals surface area contributed by atoms with Crippen molar-refractivity contribution in [1.82, 2.24) is 10.6 Å². The van der Waals surface area contributed by atoms with Crippen LogP contribution in [0.15, 0.2) is 0 Å². The summed E-state index contributed by atoms with van der Waals surface area (Å²) in [5.74, 6) is -0.486. The quantitative estimate of drug-likeness (QED) is 0.638. The molecule has 110 valence electrons. The first-order chi connectivity index (χ1) is 9.58. The Kier molecular flexibility index (Phi) is 4.49. The molecule has 1 heterocycles. The van der Waals surface area contributed by atoms with Crippen molar-refractivity contribution in [2.45, 2.75) is 32.2 Å². The minimum atomic E-state index is -0.267. The van der Waals surface area contributed by atoms with Gasteiger partial charge < -0.3 is 21.7 Å². The fourth-order valence-electron chi connectivity index (χ4n) is 1.80. The highest BCUT2D eigenvalue weighted by molar-refractivity contribution is 7.19. The van der Waals surface area contributed by atoms with Crippen molar-refractivity contribution in [1.29, 1.82) is 0 Å². The van der Waals surface area contributed by atoms with Crippen LogP contribution in [0.1, 0.15) is 46.2 Å².